The largest absolute Gasteiger partial charge is 0.490 e. The number of nitrogens with one attached hydrogen (secondary N) is 1. The molecule has 31 heavy (non-hydrogen) atoms. The Morgan fingerprint density at radius 2 is 2.03 bits per heavy atom. The zero-order valence-electron chi connectivity index (χ0n) is 18.0. The van der Waals surface area contributed by atoms with Crippen LogP contribution in [-0.4, -0.2) is 19.1 Å². The van der Waals surface area contributed by atoms with Gasteiger partial charge in [-0.25, -0.2) is 0 Å². The summed E-state index contributed by atoms with van der Waals surface area (Å²) in [4.78, 5) is 12.6. The average Bonchev–Trinajstić information content (AvgIpc) is 2.75. The molecular weight excluding hydrogens is 428 g/mol. The van der Waals surface area contributed by atoms with E-state index in [9.17, 15) is 10.1 Å². The highest BCUT2D eigenvalue weighted by Gasteiger charge is 2.23. The molecule has 0 saturated carbocycles. The summed E-state index contributed by atoms with van der Waals surface area (Å²) in [5, 5.41) is 13.1. The molecule has 1 amide bonds. The van der Waals surface area contributed by atoms with Crippen molar-refractivity contribution in [3.63, 3.8) is 0 Å². The van der Waals surface area contributed by atoms with Gasteiger partial charge in [0.2, 0.25) is 5.91 Å². The van der Waals surface area contributed by atoms with Gasteiger partial charge in [0, 0.05) is 6.08 Å². The van der Waals surface area contributed by atoms with Crippen molar-refractivity contribution < 1.29 is 14.3 Å². The van der Waals surface area contributed by atoms with Crippen LogP contribution in [0.4, 0.5) is 5.00 Å². The van der Waals surface area contributed by atoms with Gasteiger partial charge in [0.15, 0.2) is 11.5 Å². The number of amides is 1. The molecule has 0 bridgehead atoms. The summed E-state index contributed by atoms with van der Waals surface area (Å²) in [5.74, 6) is 1.57. The van der Waals surface area contributed by atoms with Crippen LogP contribution in [-0.2, 0) is 17.6 Å². The van der Waals surface area contributed by atoms with Crippen LogP contribution in [0.15, 0.2) is 24.3 Å². The van der Waals surface area contributed by atoms with E-state index in [1.54, 1.807) is 6.08 Å². The lowest BCUT2D eigenvalue weighted by atomic mass is 9.85. The van der Waals surface area contributed by atoms with Gasteiger partial charge in [0.1, 0.15) is 11.1 Å². The first-order chi connectivity index (χ1) is 15.0. The number of carbonyl (C=O) groups is 1. The van der Waals surface area contributed by atoms with E-state index in [2.05, 4.69) is 18.3 Å². The van der Waals surface area contributed by atoms with Crippen molar-refractivity contribution in [2.75, 3.05) is 18.5 Å². The maximum Gasteiger partial charge on any atom is 0.249 e. The van der Waals surface area contributed by atoms with Gasteiger partial charge in [-0.1, -0.05) is 25.2 Å². The Labute approximate surface area is 192 Å². The summed E-state index contributed by atoms with van der Waals surface area (Å²) in [5.41, 5.74) is 3.45. The Balaban J connectivity index is 1.81. The van der Waals surface area contributed by atoms with Gasteiger partial charge in [-0.3, -0.25) is 4.79 Å². The monoisotopic (exact) mass is 454 g/mol. The molecule has 1 heterocycles. The predicted molar refractivity (Wildman–Crippen MR) is 128 cm³/mol. The van der Waals surface area contributed by atoms with E-state index in [0.29, 0.717) is 41.2 Å². The van der Waals surface area contributed by atoms with Gasteiger partial charge in [-0.2, -0.15) is 5.26 Å². The third kappa shape index (κ3) is 5.52. The number of hydrogen-bond donors (Lipinski definition) is 1. The Kier molecular flexibility index (Phi) is 7.83. The fourth-order valence-electron chi connectivity index (χ4n) is 3.64. The number of anilines is 1. The first-order valence-corrected chi connectivity index (χ1v) is 11.7. The number of fused-ring (bicyclic) bond motifs is 1. The van der Waals surface area contributed by atoms with Crippen molar-refractivity contribution in [3.8, 4) is 17.6 Å². The third-order valence-electron chi connectivity index (χ3n) is 5.12. The highest BCUT2D eigenvalue weighted by Crippen LogP contribution is 2.36. The molecule has 0 radical (unpaired) electrons. The van der Waals surface area contributed by atoms with Crippen molar-refractivity contribution in [2.24, 2.45) is 5.92 Å². The van der Waals surface area contributed by atoms with Crippen LogP contribution in [0.2, 0.25) is 0 Å². The normalized spacial score (nSPS) is 15.2. The van der Waals surface area contributed by atoms with Crippen molar-refractivity contribution >= 4 is 40.5 Å². The van der Waals surface area contributed by atoms with Crippen LogP contribution in [0.3, 0.4) is 0 Å². The van der Waals surface area contributed by atoms with Gasteiger partial charge in [0.05, 0.1) is 22.6 Å². The van der Waals surface area contributed by atoms with Gasteiger partial charge < -0.3 is 14.8 Å². The molecule has 7 heteroatoms. The van der Waals surface area contributed by atoms with Crippen LogP contribution < -0.4 is 14.8 Å². The smallest absolute Gasteiger partial charge is 0.249 e. The Morgan fingerprint density at radius 3 is 2.74 bits per heavy atom. The lowest BCUT2D eigenvalue weighted by Crippen LogP contribution is -2.15. The molecule has 5 nitrogen and oxygen atoms in total. The lowest BCUT2D eigenvalue weighted by molar-refractivity contribution is -0.111. The minimum atomic E-state index is -0.307. The van der Waals surface area contributed by atoms with E-state index in [0.717, 1.165) is 39.8 Å². The average molecular weight is 455 g/mol. The number of nitrogens with zero attached hydrogens (tertiary/aromatic N) is 1. The third-order valence-corrected chi connectivity index (χ3v) is 6.56. The van der Waals surface area contributed by atoms with E-state index in [1.807, 2.05) is 32.0 Å². The SMILES string of the molecule is CCOc1ccc(/C=C/C(=O)Nc2sc(=S)c3c(c2C#N)CCC(C)C3)cc1OCC. The topological polar surface area (TPSA) is 71.3 Å². The number of carbonyl (C=O) groups excluding carboxylic acids is 1. The molecule has 1 N–H and O–H groups in total. The molecule has 0 aliphatic heterocycles. The number of rotatable bonds is 7. The van der Waals surface area contributed by atoms with E-state index in [4.69, 9.17) is 21.7 Å². The molecule has 1 atom stereocenters. The van der Waals surface area contributed by atoms with Crippen LogP contribution in [0, 0.1) is 21.1 Å². The molecule has 2 aromatic rings. The predicted octanol–water partition coefficient (Wildman–Crippen LogP) is 5.92. The van der Waals surface area contributed by atoms with E-state index in [1.165, 1.54) is 17.4 Å². The van der Waals surface area contributed by atoms with Crippen LogP contribution >= 0.6 is 23.6 Å². The summed E-state index contributed by atoms with van der Waals surface area (Å²) >= 11 is 6.87. The summed E-state index contributed by atoms with van der Waals surface area (Å²) in [7, 11) is 0. The molecular formula is C24H26N2O3S2. The molecule has 1 aromatic heterocycles. The second-order valence-electron chi connectivity index (χ2n) is 7.41. The maximum atomic E-state index is 12.6. The van der Waals surface area contributed by atoms with Gasteiger partial charge in [-0.15, -0.1) is 11.3 Å². The summed E-state index contributed by atoms with van der Waals surface area (Å²) < 4.78 is 12.0. The van der Waals surface area contributed by atoms with Gasteiger partial charge >= 0.3 is 0 Å². The highest BCUT2D eigenvalue weighted by molar-refractivity contribution is 7.73. The summed E-state index contributed by atoms with van der Waals surface area (Å²) in [6.07, 6.45) is 5.90. The zero-order chi connectivity index (χ0) is 22.4. The second kappa shape index (κ2) is 10.6. The fraction of sp³-hybridized carbons (Fsp3) is 0.375. The van der Waals surface area contributed by atoms with E-state index < -0.39 is 0 Å². The second-order valence-corrected chi connectivity index (χ2v) is 9.09. The fourth-order valence-corrected chi connectivity index (χ4v) is 5.04. The molecule has 162 valence electrons. The molecule has 0 spiro atoms. The van der Waals surface area contributed by atoms with Crippen LogP contribution in [0.5, 0.6) is 11.5 Å². The molecule has 1 aliphatic rings. The minimum absolute atomic E-state index is 0.307. The molecule has 1 aromatic carbocycles. The molecule has 0 saturated heterocycles. The maximum absolute atomic E-state index is 12.6. The van der Waals surface area contributed by atoms with E-state index in [-0.39, 0.29) is 5.91 Å². The Bertz CT molecular complexity index is 1100. The van der Waals surface area contributed by atoms with Gasteiger partial charge in [-0.05, 0) is 73.9 Å². The number of ether oxygens (including phenoxy) is 2. The number of nitriles is 1. The highest BCUT2D eigenvalue weighted by atomic mass is 32.1. The standard InChI is InChI=1S/C24H26N2O3S2/c1-4-28-20-10-7-16(13-21(20)29-5-2)8-11-22(27)26-23-19(14-25)17-9-6-15(3)12-18(17)24(30)31-23/h7-8,10-11,13,15H,4-6,9,12H2,1-3H3,(H,26,27)/b11-8+. The molecule has 1 unspecified atom stereocenters. The van der Waals surface area contributed by atoms with Gasteiger partial charge in [0.25, 0.3) is 0 Å². The Morgan fingerprint density at radius 1 is 1.29 bits per heavy atom. The number of hydrogen-bond acceptors (Lipinski definition) is 6. The lowest BCUT2D eigenvalue weighted by Gasteiger charge is -2.23. The minimum Gasteiger partial charge on any atom is -0.490 e. The van der Waals surface area contributed by atoms with Crippen molar-refractivity contribution in [2.45, 2.75) is 40.0 Å². The van der Waals surface area contributed by atoms with Crippen molar-refractivity contribution in [1.82, 2.24) is 0 Å². The van der Waals surface area contributed by atoms with Crippen molar-refractivity contribution in [1.29, 1.82) is 5.26 Å². The first kappa shape index (κ1) is 23.0. The van der Waals surface area contributed by atoms with Crippen molar-refractivity contribution in [3.05, 3.63) is 50.4 Å². The quantitative estimate of drug-likeness (QED) is 0.415. The zero-order valence-corrected chi connectivity index (χ0v) is 19.6. The molecule has 1 aliphatic carbocycles. The van der Waals surface area contributed by atoms with E-state index >= 15 is 0 Å². The van der Waals surface area contributed by atoms with Crippen LogP contribution in [0.1, 0.15) is 49.4 Å². The molecule has 3 rings (SSSR count). The first-order valence-electron chi connectivity index (χ1n) is 10.4. The number of benzene rings is 1. The summed E-state index contributed by atoms with van der Waals surface area (Å²) in [6.45, 7) is 7.09. The molecule has 0 fully saturated rings. The van der Waals surface area contributed by atoms with Crippen LogP contribution in [0.25, 0.3) is 6.08 Å². The summed E-state index contributed by atoms with van der Waals surface area (Å²) in [6, 6.07) is 7.81. The Hall–Kier alpha value is -2.69.